The van der Waals surface area contributed by atoms with E-state index in [9.17, 15) is 22.4 Å². The molecule has 1 aliphatic rings. The minimum Gasteiger partial charge on any atom is -0.475 e. The Balaban J connectivity index is 0.000000383. The summed E-state index contributed by atoms with van der Waals surface area (Å²) < 4.78 is 48.2. The molecule has 0 saturated carbocycles. The molecule has 1 N–H and O–H groups in total. The quantitative estimate of drug-likeness (QED) is 0.585. The van der Waals surface area contributed by atoms with Crippen LogP contribution in [-0.2, 0) is 31.0 Å². The molecule has 0 amide bonds. The zero-order chi connectivity index (χ0) is 24.0. The number of aromatic nitrogens is 5. The van der Waals surface area contributed by atoms with Crippen molar-refractivity contribution in [3.05, 3.63) is 76.2 Å². The molecule has 13 heteroatoms. The summed E-state index contributed by atoms with van der Waals surface area (Å²) in [6.07, 6.45) is -1.15. The van der Waals surface area contributed by atoms with E-state index in [1.165, 1.54) is 18.5 Å². The van der Waals surface area contributed by atoms with Crippen LogP contribution in [0.5, 0.6) is 0 Å². The molecule has 176 valence electrons. The summed E-state index contributed by atoms with van der Waals surface area (Å²) >= 11 is 0. The van der Waals surface area contributed by atoms with E-state index in [1.807, 2.05) is 0 Å². The first-order valence-electron chi connectivity index (χ1n) is 9.81. The molecule has 0 spiro atoms. The van der Waals surface area contributed by atoms with Crippen LogP contribution in [0.1, 0.15) is 23.5 Å². The van der Waals surface area contributed by atoms with Gasteiger partial charge >= 0.3 is 12.1 Å². The first-order chi connectivity index (χ1) is 15.6. The molecule has 0 unspecified atom stereocenters. The standard InChI is InChI=1S/C18H19FN6O.C2HF3O2/c19-15-4-2-14(3-5-15)9-23-6-1-7-25-17(11-23)22-16(8-18(25)26)10-24-13-20-12-21-24;3-2(4,5)1(6)7/h2-5,8,12-13H,1,6-7,9-11H2;(H,6,7). The Labute approximate surface area is 184 Å². The fraction of sp³-hybridized carbons (Fsp3) is 0.350. The van der Waals surface area contributed by atoms with Crippen molar-refractivity contribution >= 4 is 5.97 Å². The van der Waals surface area contributed by atoms with Crippen LogP contribution in [0.4, 0.5) is 17.6 Å². The highest BCUT2D eigenvalue weighted by atomic mass is 19.4. The number of halogens is 4. The van der Waals surface area contributed by atoms with E-state index < -0.39 is 12.1 Å². The van der Waals surface area contributed by atoms with Gasteiger partial charge in [-0.1, -0.05) is 12.1 Å². The van der Waals surface area contributed by atoms with Gasteiger partial charge in [0.05, 0.1) is 18.8 Å². The number of carboxylic acid groups (broad SMARTS) is 1. The number of hydrogen-bond acceptors (Lipinski definition) is 6. The topological polar surface area (TPSA) is 106 Å². The lowest BCUT2D eigenvalue weighted by atomic mass is 10.2. The third kappa shape index (κ3) is 6.94. The Morgan fingerprint density at radius 3 is 2.42 bits per heavy atom. The average molecular weight is 468 g/mol. The van der Waals surface area contributed by atoms with Crippen molar-refractivity contribution in [3.8, 4) is 0 Å². The molecule has 1 aromatic carbocycles. The monoisotopic (exact) mass is 468 g/mol. The SMILES string of the molecule is O=C(O)C(F)(F)F.O=c1cc(Cn2cncn2)nc2n1CCCN(Cc1ccc(F)cc1)C2. The van der Waals surface area contributed by atoms with Crippen LogP contribution in [0.15, 0.2) is 47.8 Å². The first kappa shape index (κ1) is 24.0. The van der Waals surface area contributed by atoms with Crippen molar-refractivity contribution in [2.24, 2.45) is 0 Å². The number of alkyl halides is 3. The molecular weight excluding hydrogens is 448 g/mol. The molecular formula is C20H20F4N6O3. The Morgan fingerprint density at radius 1 is 1.12 bits per heavy atom. The van der Waals surface area contributed by atoms with Crippen molar-refractivity contribution in [2.45, 2.75) is 38.8 Å². The van der Waals surface area contributed by atoms with Gasteiger partial charge in [-0.05, 0) is 24.1 Å². The molecule has 33 heavy (non-hydrogen) atoms. The summed E-state index contributed by atoms with van der Waals surface area (Å²) in [7, 11) is 0. The van der Waals surface area contributed by atoms with Crippen LogP contribution >= 0.6 is 0 Å². The van der Waals surface area contributed by atoms with E-state index >= 15 is 0 Å². The summed E-state index contributed by atoms with van der Waals surface area (Å²) in [6, 6.07) is 8.10. The molecule has 3 heterocycles. The molecule has 0 aliphatic carbocycles. The predicted octanol–water partition coefficient (Wildman–Crippen LogP) is 2.06. The maximum absolute atomic E-state index is 13.1. The summed E-state index contributed by atoms with van der Waals surface area (Å²) in [4.78, 5) is 32.2. The zero-order valence-electron chi connectivity index (χ0n) is 17.2. The molecule has 0 radical (unpaired) electrons. The van der Waals surface area contributed by atoms with Gasteiger partial charge in [0.2, 0.25) is 0 Å². The van der Waals surface area contributed by atoms with E-state index in [0.717, 1.165) is 24.4 Å². The van der Waals surface area contributed by atoms with E-state index in [4.69, 9.17) is 9.90 Å². The highest BCUT2D eigenvalue weighted by Gasteiger charge is 2.38. The average Bonchev–Trinajstić information content (AvgIpc) is 3.15. The van der Waals surface area contributed by atoms with Gasteiger partial charge in [-0.3, -0.25) is 14.3 Å². The molecule has 9 nitrogen and oxygen atoms in total. The third-order valence-corrected chi connectivity index (χ3v) is 4.71. The van der Waals surface area contributed by atoms with Gasteiger partial charge in [-0.2, -0.15) is 18.3 Å². The molecule has 1 aliphatic heterocycles. The lowest BCUT2D eigenvalue weighted by Crippen LogP contribution is -2.28. The lowest BCUT2D eigenvalue weighted by Gasteiger charge is -2.20. The van der Waals surface area contributed by atoms with Crippen LogP contribution in [-0.4, -0.2) is 53.0 Å². The van der Waals surface area contributed by atoms with Gasteiger partial charge < -0.3 is 5.11 Å². The van der Waals surface area contributed by atoms with E-state index in [0.29, 0.717) is 31.9 Å². The number of fused-ring (bicyclic) bond motifs is 1. The van der Waals surface area contributed by atoms with Gasteiger partial charge in [0.15, 0.2) is 0 Å². The Bertz CT molecular complexity index is 1130. The van der Waals surface area contributed by atoms with Crippen LogP contribution < -0.4 is 5.56 Å². The van der Waals surface area contributed by atoms with E-state index in [2.05, 4.69) is 20.0 Å². The van der Waals surface area contributed by atoms with Gasteiger partial charge in [0, 0.05) is 25.7 Å². The second-order valence-electron chi connectivity index (χ2n) is 7.24. The van der Waals surface area contributed by atoms with E-state index in [1.54, 1.807) is 33.8 Å². The smallest absolute Gasteiger partial charge is 0.475 e. The van der Waals surface area contributed by atoms with Crippen molar-refractivity contribution in [3.63, 3.8) is 0 Å². The highest BCUT2D eigenvalue weighted by molar-refractivity contribution is 5.73. The Kier molecular flexibility index (Phi) is 7.53. The predicted molar refractivity (Wildman–Crippen MR) is 106 cm³/mol. The fourth-order valence-corrected chi connectivity index (χ4v) is 3.24. The van der Waals surface area contributed by atoms with Crippen molar-refractivity contribution < 1.29 is 27.5 Å². The molecule has 0 fully saturated rings. The number of hydrogen-bond donors (Lipinski definition) is 1. The third-order valence-electron chi connectivity index (χ3n) is 4.71. The molecule has 0 bridgehead atoms. The van der Waals surface area contributed by atoms with Gasteiger partial charge in [0.1, 0.15) is 24.3 Å². The van der Waals surface area contributed by atoms with Gasteiger partial charge in [-0.15, -0.1) is 0 Å². The Morgan fingerprint density at radius 2 is 1.82 bits per heavy atom. The van der Waals surface area contributed by atoms with Gasteiger partial charge in [0.25, 0.3) is 5.56 Å². The number of benzene rings is 1. The first-order valence-corrected chi connectivity index (χ1v) is 9.81. The molecule has 0 atom stereocenters. The van der Waals surface area contributed by atoms with Crippen LogP contribution in [0, 0.1) is 5.82 Å². The van der Waals surface area contributed by atoms with Crippen molar-refractivity contribution in [2.75, 3.05) is 6.54 Å². The zero-order valence-corrected chi connectivity index (χ0v) is 17.2. The second-order valence-corrected chi connectivity index (χ2v) is 7.24. The Hall–Kier alpha value is -3.61. The lowest BCUT2D eigenvalue weighted by molar-refractivity contribution is -0.192. The summed E-state index contributed by atoms with van der Waals surface area (Å²) in [5.41, 5.74) is 1.69. The van der Waals surface area contributed by atoms with Gasteiger partial charge in [-0.25, -0.2) is 23.8 Å². The summed E-state index contributed by atoms with van der Waals surface area (Å²) in [5.74, 6) is -2.24. The summed E-state index contributed by atoms with van der Waals surface area (Å²) in [5, 5.41) is 11.2. The van der Waals surface area contributed by atoms with Crippen LogP contribution in [0.3, 0.4) is 0 Å². The largest absolute Gasteiger partial charge is 0.490 e. The maximum atomic E-state index is 13.1. The maximum Gasteiger partial charge on any atom is 0.490 e. The number of nitrogens with zero attached hydrogens (tertiary/aromatic N) is 6. The number of carbonyl (C=O) groups is 1. The normalized spacial score (nSPS) is 14.1. The number of rotatable bonds is 4. The molecule has 0 saturated heterocycles. The van der Waals surface area contributed by atoms with Crippen LogP contribution in [0.2, 0.25) is 0 Å². The second kappa shape index (κ2) is 10.3. The van der Waals surface area contributed by atoms with Crippen molar-refractivity contribution in [1.29, 1.82) is 0 Å². The molecule has 3 aromatic rings. The summed E-state index contributed by atoms with van der Waals surface area (Å²) in [6.45, 7) is 3.21. The highest BCUT2D eigenvalue weighted by Crippen LogP contribution is 2.14. The van der Waals surface area contributed by atoms with Crippen LogP contribution in [0.25, 0.3) is 0 Å². The molecule has 2 aromatic heterocycles. The number of carboxylic acids is 1. The minimum atomic E-state index is -5.08. The minimum absolute atomic E-state index is 0.0336. The van der Waals surface area contributed by atoms with E-state index in [-0.39, 0.29) is 11.4 Å². The van der Waals surface area contributed by atoms with Crippen molar-refractivity contribution in [1.82, 2.24) is 29.2 Å². The fourth-order valence-electron chi connectivity index (χ4n) is 3.24. The molecule has 4 rings (SSSR count). The number of aliphatic carboxylic acids is 1.